The highest BCUT2D eigenvalue weighted by molar-refractivity contribution is 8.09. The summed E-state index contributed by atoms with van der Waals surface area (Å²) in [5, 5.41) is 1.73. The van der Waals surface area contributed by atoms with Crippen molar-refractivity contribution in [2.24, 2.45) is 23.7 Å². The van der Waals surface area contributed by atoms with Gasteiger partial charge in [0, 0.05) is 10.5 Å². The van der Waals surface area contributed by atoms with Crippen LogP contribution in [-0.4, -0.2) is 10.5 Å². The fourth-order valence-electron chi connectivity index (χ4n) is 4.36. The molecule has 0 unspecified atom stereocenters. The molecule has 0 aromatic carbocycles. The lowest BCUT2D eigenvalue weighted by molar-refractivity contribution is 0.369. The molecule has 2 saturated carbocycles. The Bertz CT molecular complexity index is 597. The average Bonchev–Trinajstić information content (AvgIpc) is 3.03. The van der Waals surface area contributed by atoms with Gasteiger partial charge in [-0.1, -0.05) is 24.4 Å². The van der Waals surface area contributed by atoms with Gasteiger partial charge in [0.15, 0.2) is 0 Å². The van der Waals surface area contributed by atoms with E-state index in [2.05, 4.69) is 35.7 Å². The van der Waals surface area contributed by atoms with Crippen molar-refractivity contribution < 1.29 is 0 Å². The van der Waals surface area contributed by atoms with Crippen molar-refractivity contribution in [1.29, 1.82) is 0 Å². The maximum atomic E-state index is 5.36. The zero-order valence-corrected chi connectivity index (χ0v) is 13.7. The molecule has 2 heterocycles. The van der Waals surface area contributed by atoms with Crippen LogP contribution in [0.5, 0.6) is 0 Å². The first kappa shape index (κ1) is 11.4. The van der Waals surface area contributed by atoms with E-state index in [1.54, 1.807) is 0 Å². The molecule has 0 nitrogen and oxygen atoms in total. The largest absolute Gasteiger partial charge is 0.145 e. The van der Waals surface area contributed by atoms with Crippen LogP contribution in [-0.2, 0) is 0 Å². The summed E-state index contributed by atoms with van der Waals surface area (Å²) >= 11 is 13.4. The molecule has 0 amide bonds. The molecular formula is C13H12S5. The molecule has 0 saturated heterocycles. The van der Waals surface area contributed by atoms with Crippen LogP contribution in [0.3, 0.4) is 0 Å². The van der Waals surface area contributed by atoms with Crippen molar-refractivity contribution >= 4 is 58.4 Å². The first-order valence-electron chi connectivity index (χ1n) is 6.45. The molecule has 2 bridgehead atoms. The molecule has 1 aliphatic heterocycles. The molecule has 5 rings (SSSR count). The number of fused-ring (bicyclic) bond motifs is 8. The first-order chi connectivity index (χ1) is 8.79. The summed E-state index contributed by atoms with van der Waals surface area (Å²) in [5.41, 5.74) is 0. The smallest absolute Gasteiger partial charge is 0.109 e. The second kappa shape index (κ2) is 3.88. The van der Waals surface area contributed by atoms with Gasteiger partial charge in [-0.25, -0.2) is 0 Å². The van der Waals surface area contributed by atoms with Gasteiger partial charge in [0.25, 0.3) is 0 Å². The zero-order valence-electron chi connectivity index (χ0n) is 9.57. The fraction of sp³-hybridized carbons (Fsp3) is 0.615. The van der Waals surface area contributed by atoms with Gasteiger partial charge < -0.3 is 0 Å². The lowest BCUT2D eigenvalue weighted by Gasteiger charge is -2.29. The van der Waals surface area contributed by atoms with Crippen molar-refractivity contribution in [3.63, 3.8) is 0 Å². The molecule has 5 heteroatoms. The van der Waals surface area contributed by atoms with Gasteiger partial charge in [-0.3, -0.25) is 0 Å². The minimum atomic E-state index is 0.864. The molecule has 3 aliphatic carbocycles. The van der Waals surface area contributed by atoms with Gasteiger partial charge in [0.1, 0.15) is 3.14 Å². The van der Waals surface area contributed by atoms with E-state index in [0.29, 0.717) is 0 Å². The van der Waals surface area contributed by atoms with E-state index >= 15 is 0 Å². The van der Waals surface area contributed by atoms with Crippen LogP contribution in [0.2, 0.25) is 0 Å². The molecule has 1 aromatic rings. The van der Waals surface area contributed by atoms with Gasteiger partial charge in [-0.15, -0.1) is 46.2 Å². The zero-order chi connectivity index (χ0) is 11.9. The minimum absolute atomic E-state index is 0.864. The molecular weight excluding hydrogens is 316 g/mol. The highest BCUT2D eigenvalue weighted by atomic mass is 32.2. The van der Waals surface area contributed by atoms with E-state index in [1.165, 1.54) is 21.3 Å². The van der Waals surface area contributed by atoms with Crippen molar-refractivity contribution in [2.75, 3.05) is 0 Å². The summed E-state index contributed by atoms with van der Waals surface area (Å²) in [7, 11) is 0. The van der Waals surface area contributed by atoms with Gasteiger partial charge in [-0.2, -0.15) is 0 Å². The van der Waals surface area contributed by atoms with Crippen molar-refractivity contribution in [3.05, 3.63) is 15.3 Å². The van der Waals surface area contributed by atoms with E-state index in [1.807, 2.05) is 22.7 Å². The Morgan fingerprint density at radius 2 is 1.78 bits per heavy atom. The van der Waals surface area contributed by atoms with E-state index in [9.17, 15) is 0 Å². The Balaban J connectivity index is 1.55. The van der Waals surface area contributed by atoms with Crippen molar-refractivity contribution in [3.8, 4) is 0 Å². The SMILES string of the molecule is S=c1sc2c(s1)S[C@@H]1C[C@H]3[C@H]([C@H]1S2)[C@H]1C=C[C@H]3C1. The van der Waals surface area contributed by atoms with Gasteiger partial charge in [0.2, 0.25) is 0 Å². The predicted octanol–water partition coefficient (Wildman–Crippen LogP) is 5.32. The first-order valence-corrected chi connectivity index (χ1v) is 10.3. The van der Waals surface area contributed by atoms with Crippen molar-refractivity contribution in [2.45, 2.75) is 31.8 Å². The molecule has 2 fully saturated rings. The normalized spacial score (nSPS) is 47.1. The van der Waals surface area contributed by atoms with E-state index in [0.717, 1.165) is 37.3 Å². The Morgan fingerprint density at radius 1 is 1.00 bits per heavy atom. The highest BCUT2D eigenvalue weighted by Crippen LogP contribution is 2.65. The second-order valence-corrected chi connectivity index (χ2v) is 11.9. The summed E-state index contributed by atoms with van der Waals surface area (Å²) < 4.78 is 4.17. The van der Waals surface area contributed by atoms with Crippen LogP contribution in [0.25, 0.3) is 0 Å². The van der Waals surface area contributed by atoms with E-state index < -0.39 is 0 Å². The van der Waals surface area contributed by atoms with Crippen LogP contribution < -0.4 is 0 Å². The Kier molecular flexibility index (Phi) is 2.45. The van der Waals surface area contributed by atoms with Crippen LogP contribution in [0.4, 0.5) is 0 Å². The van der Waals surface area contributed by atoms with Crippen LogP contribution >= 0.6 is 58.4 Å². The van der Waals surface area contributed by atoms with Crippen LogP contribution in [0.1, 0.15) is 12.8 Å². The fourth-order valence-corrected chi connectivity index (χ4v) is 11.8. The maximum Gasteiger partial charge on any atom is 0.145 e. The summed E-state index contributed by atoms with van der Waals surface area (Å²) in [6.07, 6.45) is 7.94. The average molecular weight is 329 g/mol. The lowest BCUT2D eigenvalue weighted by atomic mass is 9.86. The van der Waals surface area contributed by atoms with Gasteiger partial charge in [-0.05, 0) is 36.5 Å². The topological polar surface area (TPSA) is 0 Å². The van der Waals surface area contributed by atoms with E-state index in [4.69, 9.17) is 12.2 Å². The van der Waals surface area contributed by atoms with E-state index in [-0.39, 0.29) is 0 Å². The third kappa shape index (κ3) is 1.43. The maximum absolute atomic E-state index is 5.36. The second-order valence-electron chi connectivity index (χ2n) is 5.69. The quantitative estimate of drug-likeness (QED) is 0.467. The molecule has 4 aliphatic rings. The van der Waals surface area contributed by atoms with Crippen molar-refractivity contribution in [1.82, 2.24) is 0 Å². The Morgan fingerprint density at radius 3 is 2.67 bits per heavy atom. The monoisotopic (exact) mass is 328 g/mol. The molecule has 0 spiro atoms. The standard InChI is InChI=1S/C13H12S5/c14-13-17-11-12(18-13)16-10-8(15-11)4-7-5-1-2-6(3-5)9(7)10/h1-2,5-10H,3-4H2/t5-,6-,7+,8+,9+,10-/m0/s1. The highest BCUT2D eigenvalue weighted by Gasteiger charge is 2.56. The number of rotatable bonds is 0. The summed E-state index contributed by atoms with van der Waals surface area (Å²) in [6, 6.07) is 0. The number of thioether (sulfide) groups is 2. The van der Waals surface area contributed by atoms with Gasteiger partial charge >= 0.3 is 0 Å². The minimum Gasteiger partial charge on any atom is -0.109 e. The summed E-state index contributed by atoms with van der Waals surface area (Å²) in [4.78, 5) is 0. The lowest BCUT2D eigenvalue weighted by Crippen LogP contribution is -2.26. The molecule has 6 atom stereocenters. The third-order valence-corrected chi connectivity index (χ3v) is 11.4. The van der Waals surface area contributed by atoms with Crippen LogP contribution in [0, 0.1) is 26.8 Å². The van der Waals surface area contributed by atoms with Gasteiger partial charge in [0.05, 0.1) is 8.42 Å². The van der Waals surface area contributed by atoms with Crippen LogP contribution in [0.15, 0.2) is 20.6 Å². The predicted molar refractivity (Wildman–Crippen MR) is 84.7 cm³/mol. The number of allylic oxidation sites excluding steroid dienone is 2. The third-order valence-electron chi connectivity index (χ3n) is 4.96. The molecule has 0 radical (unpaired) electrons. The molecule has 18 heavy (non-hydrogen) atoms. The summed E-state index contributed by atoms with van der Waals surface area (Å²) in [6.45, 7) is 0. The Labute approximate surface area is 128 Å². The number of hydrogen-bond acceptors (Lipinski definition) is 5. The Hall–Kier alpha value is 0.710. The molecule has 0 N–H and O–H groups in total. The summed E-state index contributed by atoms with van der Waals surface area (Å²) in [5.74, 6) is 3.78. The molecule has 94 valence electrons. The molecule has 1 aromatic heterocycles. The number of hydrogen-bond donors (Lipinski definition) is 0.